The van der Waals surface area contributed by atoms with Crippen molar-refractivity contribution in [3.63, 3.8) is 0 Å². The zero-order chi connectivity index (χ0) is 13.1. The Bertz CT molecular complexity index is 337. The number of hydrogen-bond donors (Lipinski definition) is 2. The molecule has 2 heterocycles. The summed E-state index contributed by atoms with van der Waals surface area (Å²) in [5.41, 5.74) is 0. The Labute approximate surface area is 103 Å². The van der Waals surface area contributed by atoms with Gasteiger partial charge in [-0.15, -0.1) is 0 Å². The third-order valence-corrected chi connectivity index (χ3v) is 2.80. The minimum Gasteiger partial charge on any atom is -0.453 e. The Morgan fingerprint density at radius 3 is 1.61 bits per heavy atom. The predicted molar refractivity (Wildman–Crippen MR) is 57.5 cm³/mol. The van der Waals surface area contributed by atoms with E-state index < -0.39 is 36.5 Å². The van der Waals surface area contributed by atoms with Crippen LogP contribution >= 0.6 is 0 Å². The Hall–Kier alpha value is -1.80. The average Bonchev–Trinajstić information content (AvgIpc) is 2.42. The van der Waals surface area contributed by atoms with E-state index in [1.54, 1.807) is 12.2 Å². The number of alkyl carbamates (subject to hydrolysis) is 2. The van der Waals surface area contributed by atoms with E-state index in [2.05, 4.69) is 20.1 Å². The number of hydrogen-bond acceptors (Lipinski definition) is 6. The highest BCUT2D eigenvalue weighted by Crippen LogP contribution is 2.26. The standard InChI is InChI=1S/C10H14N2O6/c1-15-9(13)11-7-5-3-4-6(18-17-5)8(7)12-10(14)16-2/h3-8H,1-2H3,(H,11,13)(H,12,14)/t5-,6+,7-,8-/m1/s1. The van der Waals surface area contributed by atoms with Crippen LogP contribution in [0, 0.1) is 0 Å². The zero-order valence-corrected chi connectivity index (χ0v) is 9.91. The molecule has 2 bridgehead atoms. The van der Waals surface area contributed by atoms with Crippen LogP contribution in [0.1, 0.15) is 0 Å². The molecule has 18 heavy (non-hydrogen) atoms. The molecule has 0 aromatic rings. The van der Waals surface area contributed by atoms with Gasteiger partial charge < -0.3 is 20.1 Å². The lowest BCUT2D eigenvalue weighted by Gasteiger charge is -2.42. The number of fused-ring (bicyclic) bond motifs is 2. The molecule has 4 atom stereocenters. The first-order chi connectivity index (χ1) is 8.65. The molecule has 0 aromatic heterocycles. The average molecular weight is 258 g/mol. The molecular weight excluding hydrogens is 244 g/mol. The molecule has 2 aliphatic heterocycles. The summed E-state index contributed by atoms with van der Waals surface area (Å²) < 4.78 is 9.05. The van der Waals surface area contributed by atoms with E-state index in [-0.39, 0.29) is 0 Å². The lowest BCUT2D eigenvalue weighted by molar-refractivity contribution is -0.371. The molecule has 3 aliphatic rings. The van der Waals surface area contributed by atoms with Gasteiger partial charge in [0, 0.05) is 0 Å². The Kier molecular flexibility index (Phi) is 3.68. The predicted octanol–water partition coefficient (Wildman–Crippen LogP) is -0.296. The first-order valence-electron chi connectivity index (χ1n) is 5.35. The van der Waals surface area contributed by atoms with Crippen LogP contribution in [0.3, 0.4) is 0 Å². The Morgan fingerprint density at radius 1 is 0.944 bits per heavy atom. The summed E-state index contributed by atoms with van der Waals surface area (Å²) in [7, 11) is 2.51. The van der Waals surface area contributed by atoms with Crippen LogP contribution in [-0.2, 0) is 19.2 Å². The highest BCUT2D eigenvalue weighted by atomic mass is 17.2. The molecule has 8 nitrogen and oxygen atoms in total. The summed E-state index contributed by atoms with van der Waals surface area (Å²) in [6.07, 6.45) is 1.31. The van der Waals surface area contributed by atoms with Crippen molar-refractivity contribution in [2.75, 3.05) is 14.2 Å². The van der Waals surface area contributed by atoms with E-state index in [0.29, 0.717) is 0 Å². The van der Waals surface area contributed by atoms with Gasteiger partial charge in [-0.3, -0.25) is 0 Å². The quantitative estimate of drug-likeness (QED) is 0.522. The third kappa shape index (κ3) is 2.39. The summed E-state index contributed by atoms with van der Waals surface area (Å²) in [5.74, 6) is 0. The van der Waals surface area contributed by atoms with Crippen molar-refractivity contribution in [3.05, 3.63) is 12.2 Å². The van der Waals surface area contributed by atoms with Gasteiger partial charge in [-0.25, -0.2) is 19.4 Å². The maximum atomic E-state index is 11.3. The van der Waals surface area contributed by atoms with Gasteiger partial charge in [-0.1, -0.05) is 12.2 Å². The van der Waals surface area contributed by atoms with Gasteiger partial charge in [0.05, 0.1) is 26.3 Å². The van der Waals surface area contributed by atoms with Gasteiger partial charge in [0.15, 0.2) is 0 Å². The Morgan fingerprint density at radius 2 is 1.33 bits per heavy atom. The zero-order valence-electron chi connectivity index (χ0n) is 9.91. The molecule has 0 aromatic carbocycles. The van der Waals surface area contributed by atoms with Crippen LogP contribution in [0.4, 0.5) is 9.59 Å². The lowest BCUT2D eigenvalue weighted by Crippen LogP contribution is -2.66. The second kappa shape index (κ2) is 5.23. The van der Waals surface area contributed by atoms with Gasteiger partial charge in [0.25, 0.3) is 0 Å². The molecule has 2 amide bonds. The van der Waals surface area contributed by atoms with Crippen LogP contribution < -0.4 is 10.6 Å². The monoisotopic (exact) mass is 258 g/mol. The maximum Gasteiger partial charge on any atom is 0.407 e. The number of ether oxygens (including phenoxy) is 2. The Balaban J connectivity index is 2.10. The topological polar surface area (TPSA) is 95.1 Å². The molecule has 0 saturated carbocycles. The number of amides is 2. The van der Waals surface area contributed by atoms with Gasteiger partial charge in [-0.2, -0.15) is 0 Å². The summed E-state index contributed by atoms with van der Waals surface area (Å²) in [6, 6.07) is -0.972. The van der Waals surface area contributed by atoms with Gasteiger partial charge in [0.1, 0.15) is 12.2 Å². The van der Waals surface area contributed by atoms with Crippen LogP contribution in [0.2, 0.25) is 0 Å². The molecule has 1 saturated heterocycles. The first-order valence-corrected chi connectivity index (χ1v) is 5.35. The van der Waals surface area contributed by atoms with E-state index >= 15 is 0 Å². The number of rotatable bonds is 2. The van der Waals surface area contributed by atoms with Crippen molar-refractivity contribution < 1.29 is 28.8 Å². The fourth-order valence-electron chi connectivity index (χ4n) is 1.91. The van der Waals surface area contributed by atoms with Gasteiger partial charge in [0.2, 0.25) is 0 Å². The molecule has 0 spiro atoms. The highest BCUT2D eigenvalue weighted by Gasteiger charge is 2.45. The van der Waals surface area contributed by atoms with Crippen molar-refractivity contribution >= 4 is 12.2 Å². The molecule has 1 aliphatic carbocycles. The van der Waals surface area contributed by atoms with E-state index in [9.17, 15) is 9.59 Å². The minimum atomic E-state index is -0.610. The fourth-order valence-corrected chi connectivity index (χ4v) is 1.91. The summed E-state index contributed by atoms with van der Waals surface area (Å²) in [4.78, 5) is 32.6. The molecular formula is C10H14N2O6. The summed E-state index contributed by atoms with van der Waals surface area (Å²) in [5, 5.41) is 5.18. The smallest absolute Gasteiger partial charge is 0.407 e. The van der Waals surface area contributed by atoms with Gasteiger partial charge in [-0.05, 0) is 0 Å². The normalized spacial score (nSPS) is 32.8. The molecule has 8 heteroatoms. The number of carbonyl (C=O) groups excluding carboxylic acids is 2. The van der Waals surface area contributed by atoms with Crippen molar-refractivity contribution in [1.82, 2.24) is 10.6 Å². The van der Waals surface area contributed by atoms with Crippen molar-refractivity contribution in [3.8, 4) is 0 Å². The SMILES string of the molecule is COC(=O)N[C@H]1[C@H](NC(=O)OC)[C@H]2C=C[C@@H]1OO2. The van der Waals surface area contributed by atoms with Crippen molar-refractivity contribution in [1.29, 1.82) is 0 Å². The third-order valence-electron chi connectivity index (χ3n) is 2.80. The fraction of sp³-hybridized carbons (Fsp3) is 0.600. The summed E-state index contributed by atoms with van der Waals surface area (Å²) >= 11 is 0. The molecule has 3 rings (SSSR count). The maximum absolute atomic E-state index is 11.3. The number of carbonyl (C=O) groups is 2. The van der Waals surface area contributed by atoms with Crippen molar-refractivity contribution in [2.45, 2.75) is 24.3 Å². The van der Waals surface area contributed by atoms with E-state index in [0.717, 1.165) is 0 Å². The summed E-state index contributed by atoms with van der Waals surface area (Å²) in [6.45, 7) is 0. The van der Waals surface area contributed by atoms with E-state index in [1.165, 1.54) is 14.2 Å². The lowest BCUT2D eigenvalue weighted by atomic mass is 9.90. The van der Waals surface area contributed by atoms with Crippen molar-refractivity contribution in [2.24, 2.45) is 0 Å². The second-order valence-corrected chi connectivity index (χ2v) is 3.83. The molecule has 1 fully saturated rings. The van der Waals surface area contributed by atoms with E-state index in [4.69, 9.17) is 9.78 Å². The number of nitrogens with one attached hydrogen (secondary N) is 2. The minimum absolute atomic E-state index is 0.486. The van der Waals surface area contributed by atoms with Crippen LogP contribution in [0.15, 0.2) is 12.2 Å². The highest BCUT2D eigenvalue weighted by molar-refractivity contribution is 5.69. The molecule has 100 valence electrons. The second-order valence-electron chi connectivity index (χ2n) is 3.83. The first kappa shape index (κ1) is 12.7. The van der Waals surface area contributed by atoms with Crippen LogP contribution in [-0.4, -0.2) is 50.7 Å². The van der Waals surface area contributed by atoms with E-state index in [1.807, 2.05) is 0 Å². The van der Waals surface area contributed by atoms with Crippen LogP contribution in [0.25, 0.3) is 0 Å². The van der Waals surface area contributed by atoms with Crippen LogP contribution in [0.5, 0.6) is 0 Å². The molecule has 2 N–H and O–H groups in total. The molecule has 0 radical (unpaired) electrons. The largest absolute Gasteiger partial charge is 0.453 e. The van der Waals surface area contributed by atoms with Gasteiger partial charge >= 0.3 is 12.2 Å². The number of methoxy groups -OCH3 is 2. The molecule has 0 unspecified atom stereocenters.